The Bertz CT molecular complexity index is 475. The molecule has 0 aromatic heterocycles. The first-order valence-corrected chi connectivity index (χ1v) is 6.52. The molecule has 0 aliphatic rings. The second-order valence-electron chi connectivity index (χ2n) is 4.90. The van der Waals surface area contributed by atoms with Gasteiger partial charge in [0.15, 0.2) is 0 Å². The van der Waals surface area contributed by atoms with Gasteiger partial charge < -0.3 is 10.6 Å². The molecule has 0 saturated heterocycles. The van der Waals surface area contributed by atoms with E-state index in [4.69, 9.17) is 5.26 Å². The van der Waals surface area contributed by atoms with E-state index in [9.17, 15) is 4.79 Å². The summed E-state index contributed by atoms with van der Waals surface area (Å²) in [6, 6.07) is 7.96. The van der Waals surface area contributed by atoms with Crippen molar-refractivity contribution in [3.05, 3.63) is 34.9 Å². The van der Waals surface area contributed by atoms with Crippen molar-refractivity contribution in [2.45, 2.75) is 39.8 Å². The van der Waals surface area contributed by atoms with Gasteiger partial charge in [0.1, 0.15) is 0 Å². The summed E-state index contributed by atoms with van der Waals surface area (Å²) in [4.78, 5) is 11.4. The van der Waals surface area contributed by atoms with Crippen molar-refractivity contribution in [1.82, 2.24) is 10.6 Å². The van der Waals surface area contributed by atoms with E-state index < -0.39 is 0 Å². The Labute approximate surface area is 114 Å². The highest BCUT2D eigenvalue weighted by Crippen LogP contribution is 2.10. The van der Waals surface area contributed by atoms with Gasteiger partial charge in [-0.3, -0.25) is 4.79 Å². The molecule has 102 valence electrons. The van der Waals surface area contributed by atoms with E-state index in [0.29, 0.717) is 25.1 Å². The van der Waals surface area contributed by atoms with Crippen LogP contribution >= 0.6 is 0 Å². The van der Waals surface area contributed by atoms with Gasteiger partial charge in [-0.2, -0.15) is 5.26 Å². The lowest BCUT2D eigenvalue weighted by atomic mass is 10.1. The van der Waals surface area contributed by atoms with Crippen LogP contribution in [0.25, 0.3) is 0 Å². The maximum Gasteiger partial charge on any atom is 0.221 e. The van der Waals surface area contributed by atoms with Gasteiger partial charge in [-0.15, -0.1) is 0 Å². The fraction of sp³-hybridized carbons (Fsp3) is 0.467. The molecule has 0 aliphatic carbocycles. The molecule has 0 radical (unpaired) electrons. The molecular weight excluding hydrogens is 238 g/mol. The summed E-state index contributed by atoms with van der Waals surface area (Å²) >= 11 is 0. The molecule has 1 aromatic rings. The Morgan fingerprint density at radius 3 is 2.74 bits per heavy atom. The molecule has 0 saturated carbocycles. The van der Waals surface area contributed by atoms with Gasteiger partial charge in [0, 0.05) is 25.6 Å². The quantitative estimate of drug-likeness (QED) is 0.767. The summed E-state index contributed by atoms with van der Waals surface area (Å²) < 4.78 is 0. The number of nitriles is 1. The number of hydrogen-bond donors (Lipinski definition) is 2. The summed E-state index contributed by atoms with van der Waals surface area (Å²) in [5, 5.41) is 14.9. The standard InChI is InChI=1S/C15H21N3O/c1-11(2)18-15(19)6-7-17-10-14-5-4-13(9-16)8-12(14)3/h4-5,8,11,17H,6-7,10H2,1-3H3,(H,18,19). The van der Waals surface area contributed by atoms with Gasteiger partial charge in [0.05, 0.1) is 11.6 Å². The van der Waals surface area contributed by atoms with Crippen molar-refractivity contribution in [1.29, 1.82) is 5.26 Å². The molecule has 0 fully saturated rings. The molecule has 4 heteroatoms. The largest absolute Gasteiger partial charge is 0.354 e. The fourth-order valence-electron chi connectivity index (χ4n) is 1.78. The first-order valence-electron chi connectivity index (χ1n) is 6.52. The fourth-order valence-corrected chi connectivity index (χ4v) is 1.78. The second kappa shape index (κ2) is 7.55. The van der Waals surface area contributed by atoms with Crippen LogP contribution in [0.2, 0.25) is 0 Å². The third kappa shape index (κ3) is 5.54. The number of nitrogens with one attached hydrogen (secondary N) is 2. The minimum atomic E-state index is 0.0686. The molecule has 0 unspecified atom stereocenters. The minimum Gasteiger partial charge on any atom is -0.354 e. The van der Waals surface area contributed by atoms with E-state index in [-0.39, 0.29) is 11.9 Å². The van der Waals surface area contributed by atoms with Gasteiger partial charge in [-0.1, -0.05) is 6.07 Å². The van der Waals surface area contributed by atoms with Crippen LogP contribution < -0.4 is 10.6 Å². The van der Waals surface area contributed by atoms with Crippen molar-refractivity contribution in [3.8, 4) is 6.07 Å². The Morgan fingerprint density at radius 2 is 2.16 bits per heavy atom. The highest BCUT2D eigenvalue weighted by Gasteiger charge is 2.03. The third-order valence-corrected chi connectivity index (χ3v) is 2.77. The summed E-state index contributed by atoms with van der Waals surface area (Å²) in [6.07, 6.45) is 0.480. The van der Waals surface area contributed by atoms with Crippen LogP contribution in [0, 0.1) is 18.3 Å². The molecule has 0 heterocycles. The number of carbonyl (C=O) groups is 1. The monoisotopic (exact) mass is 259 g/mol. The van der Waals surface area contributed by atoms with E-state index in [1.807, 2.05) is 39.0 Å². The zero-order valence-electron chi connectivity index (χ0n) is 11.8. The van der Waals surface area contributed by atoms with E-state index >= 15 is 0 Å². The van der Waals surface area contributed by atoms with E-state index in [0.717, 1.165) is 11.1 Å². The van der Waals surface area contributed by atoms with E-state index in [2.05, 4.69) is 16.7 Å². The molecule has 19 heavy (non-hydrogen) atoms. The van der Waals surface area contributed by atoms with Gasteiger partial charge in [0.25, 0.3) is 0 Å². The number of hydrogen-bond acceptors (Lipinski definition) is 3. The number of aryl methyl sites for hydroxylation is 1. The Kier molecular flexibility index (Phi) is 6.04. The van der Waals surface area contributed by atoms with Gasteiger partial charge >= 0.3 is 0 Å². The van der Waals surface area contributed by atoms with Crippen LogP contribution in [-0.4, -0.2) is 18.5 Å². The summed E-state index contributed by atoms with van der Waals surface area (Å²) in [5.41, 5.74) is 2.93. The Balaban J connectivity index is 2.34. The van der Waals surface area contributed by atoms with Crippen LogP contribution in [0.4, 0.5) is 0 Å². The summed E-state index contributed by atoms with van der Waals surface area (Å²) in [5.74, 6) is 0.0686. The molecule has 2 N–H and O–H groups in total. The molecule has 4 nitrogen and oxygen atoms in total. The highest BCUT2D eigenvalue weighted by atomic mass is 16.1. The van der Waals surface area contributed by atoms with Crippen LogP contribution in [0.5, 0.6) is 0 Å². The summed E-state index contributed by atoms with van der Waals surface area (Å²) in [7, 11) is 0. The minimum absolute atomic E-state index is 0.0686. The van der Waals surface area contributed by atoms with Gasteiger partial charge in [-0.25, -0.2) is 0 Å². The number of rotatable bonds is 6. The van der Waals surface area contributed by atoms with Crippen molar-refractivity contribution in [2.75, 3.05) is 6.54 Å². The van der Waals surface area contributed by atoms with Crippen molar-refractivity contribution in [3.63, 3.8) is 0 Å². The van der Waals surface area contributed by atoms with Crippen LogP contribution in [0.1, 0.15) is 37.0 Å². The molecular formula is C15H21N3O. The zero-order chi connectivity index (χ0) is 14.3. The average Bonchev–Trinajstić information content (AvgIpc) is 2.35. The van der Waals surface area contributed by atoms with Gasteiger partial charge in [0.2, 0.25) is 5.91 Å². The molecule has 0 spiro atoms. The lowest BCUT2D eigenvalue weighted by Gasteiger charge is -2.10. The van der Waals surface area contributed by atoms with Crippen LogP contribution in [0.15, 0.2) is 18.2 Å². The highest BCUT2D eigenvalue weighted by molar-refractivity contribution is 5.76. The molecule has 1 amide bonds. The molecule has 0 bridgehead atoms. The summed E-state index contributed by atoms with van der Waals surface area (Å²) in [6.45, 7) is 7.25. The van der Waals surface area contributed by atoms with Gasteiger partial charge in [-0.05, 0) is 44.0 Å². The molecule has 0 aliphatic heterocycles. The maximum atomic E-state index is 11.4. The Morgan fingerprint density at radius 1 is 1.42 bits per heavy atom. The number of benzene rings is 1. The lowest BCUT2D eigenvalue weighted by Crippen LogP contribution is -2.32. The predicted molar refractivity (Wildman–Crippen MR) is 75.5 cm³/mol. The van der Waals surface area contributed by atoms with E-state index in [1.54, 1.807) is 0 Å². The third-order valence-electron chi connectivity index (χ3n) is 2.77. The van der Waals surface area contributed by atoms with Crippen molar-refractivity contribution >= 4 is 5.91 Å². The number of carbonyl (C=O) groups excluding carboxylic acids is 1. The van der Waals surface area contributed by atoms with Crippen molar-refractivity contribution in [2.24, 2.45) is 0 Å². The second-order valence-corrected chi connectivity index (χ2v) is 4.90. The van der Waals surface area contributed by atoms with Crippen molar-refractivity contribution < 1.29 is 4.79 Å². The molecule has 1 rings (SSSR count). The zero-order valence-corrected chi connectivity index (χ0v) is 11.8. The van der Waals surface area contributed by atoms with E-state index in [1.165, 1.54) is 0 Å². The normalized spacial score (nSPS) is 10.3. The predicted octanol–water partition coefficient (Wildman–Crippen LogP) is 1.87. The lowest BCUT2D eigenvalue weighted by molar-refractivity contribution is -0.121. The topological polar surface area (TPSA) is 64.9 Å². The first kappa shape index (κ1) is 15.2. The smallest absolute Gasteiger partial charge is 0.221 e. The SMILES string of the molecule is Cc1cc(C#N)ccc1CNCCC(=O)NC(C)C. The molecule has 1 aromatic carbocycles. The average molecular weight is 259 g/mol. The first-order chi connectivity index (χ1) is 9.02. The maximum absolute atomic E-state index is 11.4. The Hall–Kier alpha value is -1.86. The van der Waals surface area contributed by atoms with Crippen LogP contribution in [-0.2, 0) is 11.3 Å². The number of amides is 1. The number of nitrogens with zero attached hydrogens (tertiary/aromatic N) is 1. The molecule has 0 atom stereocenters. The van der Waals surface area contributed by atoms with Crippen LogP contribution in [0.3, 0.4) is 0 Å².